The first-order valence-corrected chi connectivity index (χ1v) is 16.8. The van der Waals surface area contributed by atoms with Crippen molar-refractivity contribution >= 4 is 5.97 Å². The second kappa shape index (κ2) is 27.5. The van der Waals surface area contributed by atoms with Crippen molar-refractivity contribution in [1.29, 1.82) is 0 Å². The van der Waals surface area contributed by atoms with Crippen LogP contribution in [0, 0.1) is 17.8 Å². The average molecular weight is 509 g/mol. The van der Waals surface area contributed by atoms with Crippen LogP contribution in [0.3, 0.4) is 0 Å². The molecule has 3 unspecified atom stereocenters. The molecule has 0 aromatic rings. The van der Waals surface area contributed by atoms with Gasteiger partial charge in [0.1, 0.15) is 0 Å². The van der Waals surface area contributed by atoms with Crippen molar-refractivity contribution in [3.05, 3.63) is 0 Å². The lowest BCUT2D eigenvalue weighted by Gasteiger charge is -2.22. The van der Waals surface area contributed by atoms with Gasteiger partial charge in [0.25, 0.3) is 0 Å². The van der Waals surface area contributed by atoms with E-state index in [1.807, 2.05) is 0 Å². The van der Waals surface area contributed by atoms with E-state index in [4.69, 9.17) is 0 Å². The zero-order valence-electron chi connectivity index (χ0n) is 25.5. The summed E-state index contributed by atoms with van der Waals surface area (Å²) in [5, 5.41) is 9.76. The number of carboxylic acids is 1. The number of unbranched alkanes of at least 4 members (excludes halogenated alkanes) is 17. The summed E-state index contributed by atoms with van der Waals surface area (Å²) in [4.78, 5) is 11.9. The number of carboxylic acid groups (broad SMARTS) is 1. The van der Waals surface area contributed by atoms with Crippen molar-refractivity contribution in [2.45, 2.75) is 195 Å². The van der Waals surface area contributed by atoms with Gasteiger partial charge in [-0.15, -0.1) is 0 Å². The summed E-state index contributed by atoms with van der Waals surface area (Å²) in [6, 6.07) is 0. The summed E-state index contributed by atoms with van der Waals surface area (Å²) in [6.45, 7) is 9.10. The summed E-state index contributed by atoms with van der Waals surface area (Å²) < 4.78 is 0. The van der Waals surface area contributed by atoms with Gasteiger partial charge in [-0.25, -0.2) is 0 Å². The number of aliphatic carboxylic acids is 1. The Bertz CT molecular complexity index is 446. The van der Waals surface area contributed by atoms with Crippen molar-refractivity contribution < 1.29 is 9.90 Å². The maximum Gasteiger partial charge on any atom is 0.306 e. The molecule has 36 heavy (non-hydrogen) atoms. The molecule has 0 radical (unpaired) electrons. The van der Waals surface area contributed by atoms with E-state index >= 15 is 0 Å². The van der Waals surface area contributed by atoms with E-state index in [1.165, 1.54) is 148 Å². The molecule has 3 atom stereocenters. The molecule has 0 aromatic carbocycles. The highest BCUT2D eigenvalue weighted by Crippen LogP contribution is 2.28. The van der Waals surface area contributed by atoms with E-state index in [-0.39, 0.29) is 5.92 Å². The second-order valence-electron chi connectivity index (χ2n) is 12.2. The quantitative estimate of drug-likeness (QED) is 0.102. The third-order valence-electron chi connectivity index (χ3n) is 8.44. The average Bonchev–Trinajstić information content (AvgIpc) is 2.86. The molecule has 0 fully saturated rings. The third kappa shape index (κ3) is 23.8. The van der Waals surface area contributed by atoms with Crippen LogP contribution < -0.4 is 0 Å². The summed E-state index contributed by atoms with van der Waals surface area (Å²) in [6.07, 6.45) is 34.4. The second-order valence-corrected chi connectivity index (χ2v) is 12.2. The van der Waals surface area contributed by atoms with E-state index in [0.29, 0.717) is 11.8 Å². The zero-order valence-corrected chi connectivity index (χ0v) is 25.5. The van der Waals surface area contributed by atoms with E-state index in [1.54, 1.807) is 0 Å². The van der Waals surface area contributed by atoms with Crippen molar-refractivity contribution in [2.24, 2.45) is 17.8 Å². The maximum absolute atomic E-state index is 11.9. The lowest BCUT2D eigenvalue weighted by atomic mass is 9.83. The van der Waals surface area contributed by atoms with Crippen LogP contribution in [0.2, 0.25) is 0 Å². The van der Waals surface area contributed by atoms with Crippen LogP contribution in [0.5, 0.6) is 0 Å². The fraction of sp³-hybridized carbons (Fsp3) is 0.971. The number of carbonyl (C=O) groups is 1. The molecule has 0 bridgehead atoms. The Morgan fingerprint density at radius 1 is 0.500 bits per heavy atom. The molecular weight excluding hydrogens is 440 g/mol. The summed E-state index contributed by atoms with van der Waals surface area (Å²) >= 11 is 0. The van der Waals surface area contributed by atoms with Gasteiger partial charge in [-0.2, -0.15) is 0 Å². The van der Waals surface area contributed by atoms with E-state index in [2.05, 4.69) is 27.7 Å². The molecule has 216 valence electrons. The molecule has 0 spiro atoms. The topological polar surface area (TPSA) is 37.3 Å². The molecule has 0 aromatic heterocycles. The number of hydrogen-bond donors (Lipinski definition) is 1. The van der Waals surface area contributed by atoms with Gasteiger partial charge >= 0.3 is 5.97 Å². The van der Waals surface area contributed by atoms with Crippen LogP contribution in [0.1, 0.15) is 195 Å². The van der Waals surface area contributed by atoms with Gasteiger partial charge in [0.15, 0.2) is 0 Å². The lowest BCUT2D eigenvalue weighted by Crippen LogP contribution is -2.19. The highest BCUT2D eigenvalue weighted by atomic mass is 16.4. The molecule has 0 aliphatic heterocycles. The Hall–Kier alpha value is -0.530. The van der Waals surface area contributed by atoms with Crippen LogP contribution >= 0.6 is 0 Å². The first kappa shape index (κ1) is 35.5. The Kier molecular flexibility index (Phi) is 27.1. The molecule has 0 saturated carbocycles. The smallest absolute Gasteiger partial charge is 0.306 e. The fourth-order valence-electron chi connectivity index (χ4n) is 5.87. The van der Waals surface area contributed by atoms with E-state index in [9.17, 15) is 9.90 Å². The van der Waals surface area contributed by atoms with Gasteiger partial charge in [0.05, 0.1) is 5.92 Å². The predicted octanol–water partition coefficient (Wildman–Crippen LogP) is 12.1. The Labute approximate surface area is 228 Å². The van der Waals surface area contributed by atoms with Gasteiger partial charge in [0, 0.05) is 0 Å². The van der Waals surface area contributed by atoms with Crippen molar-refractivity contribution in [3.8, 4) is 0 Å². The molecule has 2 heteroatoms. The van der Waals surface area contributed by atoms with Crippen molar-refractivity contribution in [3.63, 3.8) is 0 Å². The third-order valence-corrected chi connectivity index (χ3v) is 8.44. The van der Waals surface area contributed by atoms with Crippen molar-refractivity contribution in [2.75, 3.05) is 0 Å². The Morgan fingerprint density at radius 2 is 0.944 bits per heavy atom. The van der Waals surface area contributed by atoms with Crippen molar-refractivity contribution in [1.82, 2.24) is 0 Å². The molecule has 0 rings (SSSR count). The monoisotopic (exact) mass is 509 g/mol. The molecule has 0 aliphatic rings. The maximum atomic E-state index is 11.9. The van der Waals surface area contributed by atoms with Gasteiger partial charge in [0.2, 0.25) is 0 Å². The largest absolute Gasteiger partial charge is 0.481 e. The molecule has 0 amide bonds. The number of hydrogen-bond acceptors (Lipinski definition) is 1. The van der Waals surface area contributed by atoms with E-state index < -0.39 is 5.97 Å². The SMILES string of the molecule is CCCCCCCCCCCCCCCCCCCC(C)CCC(CC(CCC)CCCC)C(=O)O. The molecule has 0 heterocycles. The lowest BCUT2D eigenvalue weighted by molar-refractivity contribution is -0.142. The molecule has 1 N–H and O–H groups in total. The zero-order chi connectivity index (χ0) is 26.7. The van der Waals surface area contributed by atoms with Crippen LogP contribution in [-0.4, -0.2) is 11.1 Å². The van der Waals surface area contributed by atoms with Crippen LogP contribution in [0.4, 0.5) is 0 Å². The highest BCUT2D eigenvalue weighted by Gasteiger charge is 2.22. The normalized spacial score (nSPS) is 14.1. The molecular formula is C34H68O2. The molecule has 0 saturated heterocycles. The van der Waals surface area contributed by atoms with Crippen LogP contribution in [0.25, 0.3) is 0 Å². The summed E-state index contributed by atoms with van der Waals surface area (Å²) in [5.74, 6) is 0.592. The summed E-state index contributed by atoms with van der Waals surface area (Å²) in [5.41, 5.74) is 0. The first-order valence-electron chi connectivity index (χ1n) is 16.8. The van der Waals surface area contributed by atoms with Crippen LogP contribution in [0.15, 0.2) is 0 Å². The van der Waals surface area contributed by atoms with Crippen LogP contribution in [-0.2, 0) is 4.79 Å². The number of rotatable bonds is 29. The minimum atomic E-state index is -0.558. The van der Waals surface area contributed by atoms with Gasteiger partial charge in [-0.1, -0.05) is 175 Å². The first-order chi connectivity index (χ1) is 17.5. The standard InChI is InChI=1S/C34H68O2/c1-5-8-10-11-12-13-14-15-16-17-18-19-20-21-22-23-24-26-31(4)28-29-33(34(35)36)30-32(25-7-3)27-9-6-2/h31-33H,5-30H2,1-4H3,(H,35,36). The van der Waals surface area contributed by atoms with E-state index in [0.717, 1.165) is 19.3 Å². The minimum Gasteiger partial charge on any atom is -0.481 e. The predicted molar refractivity (Wildman–Crippen MR) is 161 cm³/mol. The molecule has 2 nitrogen and oxygen atoms in total. The van der Waals surface area contributed by atoms with Gasteiger partial charge in [-0.3, -0.25) is 4.79 Å². The van der Waals surface area contributed by atoms with Gasteiger partial charge < -0.3 is 5.11 Å². The fourth-order valence-corrected chi connectivity index (χ4v) is 5.87. The minimum absolute atomic E-state index is 0.128. The summed E-state index contributed by atoms with van der Waals surface area (Å²) in [7, 11) is 0. The Morgan fingerprint density at radius 3 is 1.36 bits per heavy atom. The Balaban J connectivity index is 3.62. The van der Waals surface area contributed by atoms with Gasteiger partial charge in [-0.05, 0) is 31.1 Å². The highest BCUT2D eigenvalue weighted by molar-refractivity contribution is 5.69. The molecule has 0 aliphatic carbocycles.